The van der Waals surface area contributed by atoms with Crippen LogP contribution in [-0.4, -0.2) is 23.0 Å². The summed E-state index contributed by atoms with van der Waals surface area (Å²) in [7, 11) is -3.58. The lowest BCUT2D eigenvalue weighted by atomic mass is 10.4. The third-order valence-corrected chi connectivity index (χ3v) is 6.11. The van der Waals surface area contributed by atoms with E-state index in [0.717, 1.165) is 17.8 Å². The van der Waals surface area contributed by atoms with E-state index in [2.05, 4.69) is 14.7 Å². The summed E-state index contributed by atoms with van der Waals surface area (Å²) >= 11 is 1.25. The summed E-state index contributed by atoms with van der Waals surface area (Å²) in [5.41, 5.74) is 0. The number of imidazole rings is 1. The first kappa shape index (κ1) is 13.6. The van der Waals surface area contributed by atoms with Crippen molar-refractivity contribution in [2.75, 3.05) is 4.72 Å². The lowest BCUT2D eigenvalue weighted by Gasteiger charge is -2.04. The zero-order valence-electron chi connectivity index (χ0n) is 11.3. The van der Waals surface area contributed by atoms with E-state index in [-0.39, 0.29) is 10.3 Å². The van der Waals surface area contributed by atoms with Crippen LogP contribution >= 0.6 is 11.3 Å². The van der Waals surface area contributed by atoms with E-state index >= 15 is 0 Å². The normalized spacial score (nSPS) is 15.8. The van der Waals surface area contributed by atoms with E-state index in [4.69, 9.17) is 0 Å². The molecular formula is C12H16N4O2S2. The molecule has 0 aliphatic heterocycles. The van der Waals surface area contributed by atoms with E-state index < -0.39 is 10.0 Å². The topological polar surface area (TPSA) is 76.9 Å². The van der Waals surface area contributed by atoms with Crippen LogP contribution in [0.25, 0.3) is 0 Å². The monoisotopic (exact) mass is 312 g/mol. The van der Waals surface area contributed by atoms with Gasteiger partial charge in [-0.2, -0.15) is 0 Å². The first-order valence-corrected chi connectivity index (χ1v) is 8.77. The number of hydrogen-bond acceptors (Lipinski definition) is 5. The van der Waals surface area contributed by atoms with Gasteiger partial charge >= 0.3 is 0 Å². The zero-order chi connectivity index (χ0) is 14.3. The summed E-state index contributed by atoms with van der Waals surface area (Å²) in [4.78, 5) is 8.25. The third kappa shape index (κ3) is 2.71. The van der Waals surface area contributed by atoms with Crippen LogP contribution < -0.4 is 4.72 Å². The van der Waals surface area contributed by atoms with Gasteiger partial charge in [-0.05, 0) is 26.7 Å². The number of nitrogens with one attached hydrogen (secondary N) is 1. The van der Waals surface area contributed by atoms with Crippen molar-refractivity contribution in [3.63, 3.8) is 0 Å². The van der Waals surface area contributed by atoms with E-state index in [9.17, 15) is 8.42 Å². The van der Waals surface area contributed by atoms with Gasteiger partial charge < -0.3 is 4.57 Å². The molecule has 2 aromatic rings. The fourth-order valence-corrected chi connectivity index (χ4v) is 4.09. The summed E-state index contributed by atoms with van der Waals surface area (Å²) in [6.07, 6.45) is 6.95. The minimum atomic E-state index is -3.58. The highest BCUT2D eigenvalue weighted by atomic mass is 32.2. The van der Waals surface area contributed by atoms with Crippen LogP contribution in [0.3, 0.4) is 0 Å². The van der Waals surface area contributed by atoms with Gasteiger partial charge in [0.1, 0.15) is 0 Å². The second-order valence-electron chi connectivity index (χ2n) is 5.20. The highest BCUT2D eigenvalue weighted by Crippen LogP contribution is 2.42. The van der Waals surface area contributed by atoms with Gasteiger partial charge in [-0.25, -0.2) is 18.4 Å². The van der Waals surface area contributed by atoms with E-state index in [1.807, 2.05) is 18.4 Å². The maximum atomic E-state index is 12.2. The van der Waals surface area contributed by atoms with Crippen LogP contribution in [0.15, 0.2) is 22.9 Å². The van der Waals surface area contributed by atoms with Crippen molar-refractivity contribution < 1.29 is 8.42 Å². The Morgan fingerprint density at radius 1 is 1.40 bits per heavy atom. The van der Waals surface area contributed by atoms with Gasteiger partial charge in [0.2, 0.25) is 0 Å². The number of aromatic nitrogens is 3. The van der Waals surface area contributed by atoms with E-state index in [0.29, 0.717) is 11.7 Å². The molecule has 1 saturated carbocycles. The summed E-state index contributed by atoms with van der Waals surface area (Å²) < 4.78 is 29.1. The Bertz CT molecular complexity index is 713. The van der Waals surface area contributed by atoms with Crippen LogP contribution in [0.5, 0.6) is 0 Å². The summed E-state index contributed by atoms with van der Waals surface area (Å²) in [5, 5.41) is 0.915. The van der Waals surface area contributed by atoms with Crippen molar-refractivity contribution in [3.8, 4) is 0 Å². The second-order valence-corrected chi connectivity index (χ2v) is 8.17. The molecule has 108 valence electrons. The van der Waals surface area contributed by atoms with Gasteiger partial charge in [0.25, 0.3) is 10.0 Å². The SMILES string of the molecule is CC(C)n1cnc(NS(=O)(=O)c2cnc(C3CC3)s2)c1. The molecule has 20 heavy (non-hydrogen) atoms. The van der Waals surface area contributed by atoms with Crippen molar-refractivity contribution in [1.82, 2.24) is 14.5 Å². The first-order valence-electron chi connectivity index (χ1n) is 6.48. The molecule has 1 aliphatic rings. The standard InChI is InChI=1S/C12H16N4O2S2/c1-8(2)16-6-10(14-7-16)15-20(17,18)11-5-13-12(19-11)9-3-4-9/h5-9,15H,3-4H2,1-2H3. The summed E-state index contributed by atoms with van der Waals surface area (Å²) in [5.74, 6) is 0.796. The number of anilines is 1. The number of hydrogen-bond donors (Lipinski definition) is 1. The minimum absolute atomic E-state index is 0.241. The maximum absolute atomic E-state index is 12.2. The smallest absolute Gasteiger partial charge is 0.274 e. The molecule has 0 amide bonds. The molecule has 1 N–H and O–H groups in total. The zero-order valence-corrected chi connectivity index (χ0v) is 12.9. The number of nitrogens with zero attached hydrogens (tertiary/aromatic N) is 3. The van der Waals surface area contributed by atoms with Gasteiger partial charge in [0, 0.05) is 18.2 Å². The third-order valence-electron chi connectivity index (χ3n) is 3.13. The van der Waals surface area contributed by atoms with Gasteiger partial charge in [-0.1, -0.05) is 0 Å². The minimum Gasteiger partial charge on any atom is -0.333 e. The molecule has 0 atom stereocenters. The fourth-order valence-electron chi connectivity index (χ4n) is 1.78. The molecule has 0 radical (unpaired) electrons. The van der Waals surface area contributed by atoms with Crippen molar-refractivity contribution in [3.05, 3.63) is 23.7 Å². The molecule has 0 spiro atoms. The molecule has 6 nitrogen and oxygen atoms in total. The van der Waals surface area contributed by atoms with Crippen molar-refractivity contribution in [1.29, 1.82) is 0 Å². The summed E-state index contributed by atoms with van der Waals surface area (Å²) in [6, 6.07) is 0.241. The van der Waals surface area contributed by atoms with Crippen molar-refractivity contribution >= 4 is 27.2 Å². The quantitative estimate of drug-likeness (QED) is 0.920. The highest BCUT2D eigenvalue weighted by molar-refractivity contribution is 7.94. The predicted molar refractivity (Wildman–Crippen MR) is 77.5 cm³/mol. The highest BCUT2D eigenvalue weighted by Gasteiger charge is 2.29. The Balaban J connectivity index is 1.79. The van der Waals surface area contributed by atoms with Crippen LogP contribution in [0.1, 0.15) is 43.7 Å². The van der Waals surface area contributed by atoms with Crippen molar-refractivity contribution in [2.24, 2.45) is 0 Å². The lowest BCUT2D eigenvalue weighted by Crippen LogP contribution is -2.11. The molecule has 8 heteroatoms. The van der Waals surface area contributed by atoms with E-state index in [1.165, 1.54) is 17.5 Å². The Hall–Kier alpha value is -1.41. The largest absolute Gasteiger partial charge is 0.333 e. The molecule has 2 aromatic heterocycles. The molecule has 3 rings (SSSR count). The predicted octanol–water partition coefficient (Wildman–Crippen LogP) is 2.60. The maximum Gasteiger partial charge on any atom is 0.274 e. The van der Waals surface area contributed by atoms with Gasteiger partial charge in [-0.3, -0.25) is 4.72 Å². The molecule has 0 unspecified atom stereocenters. The summed E-state index contributed by atoms with van der Waals surface area (Å²) in [6.45, 7) is 4.01. The number of rotatable bonds is 5. The fraction of sp³-hybridized carbons (Fsp3) is 0.500. The Labute approximate surface area is 121 Å². The molecule has 2 heterocycles. The average molecular weight is 312 g/mol. The molecule has 0 saturated heterocycles. The van der Waals surface area contributed by atoms with Crippen LogP contribution in [0.2, 0.25) is 0 Å². The molecule has 1 aliphatic carbocycles. The van der Waals surface area contributed by atoms with Crippen LogP contribution in [-0.2, 0) is 10.0 Å². The number of thiazole rings is 1. The van der Waals surface area contributed by atoms with E-state index in [1.54, 1.807) is 12.5 Å². The van der Waals surface area contributed by atoms with Gasteiger partial charge in [0.15, 0.2) is 10.0 Å². The number of sulfonamides is 1. The van der Waals surface area contributed by atoms with Crippen molar-refractivity contribution in [2.45, 2.75) is 42.9 Å². The first-order chi connectivity index (χ1) is 9.45. The average Bonchev–Trinajstić information content (AvgIpc) is 2.91. The molecule has 0 bridgehead atoms. The van der Waals surface area contributed by atoms with Crippen LogP contribution in [0, 0.1) is 0 Å². The molecule has 0 aromatic carbocycles. The Morgan fingerprint density at radius 2 is 2.15 bits per heavy atom. The molecular weight excluding hydrogens is 296 g/mol. The Morgan fingerprint density at radius 3 is 2.75 bits per heavy atom. The van der Waals surface area contributed by atoms with Crippen LogP contribution in [0.4, 0.5) is 5.82 Å². The Kier molecular flexibility index (Phi) is 3.29. The lowest BCUT2D eigenvalue weighted by molar-refractivity contribution is 0.599. The van der Waals surface area contributed by atoms with Gasteiger partial charge in [-0.15, -0.1) is 11.3 Å². The second kappa shape index (κ2) is 4.85. The van der Waals surface area contributed by atoms with Gasteiger partial charge in [0.05, 0.1) is 17.5 Å². The molecule has 1 fully saturated rings.